The van der Waals surface area contributed by atoms with E-state index in [1.165, 1.54) is 0 Å². The molecule has 0 spiro atoms. The number of hydrogen-bond donors (Lipinski definition) is 0. The molecule has 0 aliphatic carbocycles. The molecular formula is C22H26N6O2. The highest BCUT2D eigenvalue weighted by molar-refractivity contribution is 5.79. The van der Waals surface area contributed by atoms with Crippen LogP contribution >= 0.6 is 0 Å². The van der Waals surface area contributed by atoms with Gasteiger partial charge < -0.3 is 14.2 Å². The van der Waals surface area contributed by atoms with E-state index in [9.17, 15) is 4.79 Å². The highest BCUT2D eigenvalue weighted by atomic mass is 16.4. The van der Waals surface area contributed by atoms with E-state index in [4.69, 9.17) is 9.40 Å². The summed E-state index contributed by atoms with van der Waals surface area (Å²) in [4.78, 5) is 25.2. The first-order valence-corrected chi connectivity index (χ1v) is 9.86. The van der Waals surface area contributed by atoms with E-state index >= 15 is 0 Å². The number of rotatable bonds is 5. The molecule has 0 saturated carbocycles. The van der Waals surface area contributed by atoms with Crippen LogP contribution in [0.15, 0.2) is 47.0 Å². The summed E-state index contributed by atoms with van der Waals surface area (Å²) in [6, 6.07) is 9.62. The second kappa shape index (κ2) is 8.54. The zero-order chi connectivity index (χ0) is 21.1. The molecule has 156 valence electrons. The molecule has 4 rings (SSSR count). The van der Waals surface area contributed by atoms with Crippen molar-refractivity contribution in [1.29, 1.82) is 0 Å². The van der Waals surface area contributed by atoms with Gasteiger partial charge in [-0.05, 0) is 45.1 Å². The van der Waals surface area contributed by atoms with Crippen molar-refractivity contribution in [3.63, 3.8) is 0 Å². The number of aryl methyl sites for hydroxylation is 1. The molecule has 0 bridgehead atoms. The summed E-state index contributed by atoms with van der Waals surface area (Å²) in [6.07, 6.45) is 4.54. The molecule has 8 nitrogen and oxygen atoms in total. The number of amides is 1. The van der Waals surface area contributed by atoms with Crippen molar-refractivity contribution in [2.45, 2.75) is 13.3 Å². The lowest BCUT2D eigenvalue weighted by Crippen LogP contribution is -2.40. The number of carbonyl (C=O) groups is 1. The zero-order valence-corrected chi connectivity index (χ0v) is 17.4. The van der Waals surface area contributed by atoms with Crippen LogP contribution in [-0.4, -0.2) is 69.6 Å². The molecule has 0 unspecified atom stereocenters. The van der Waals surface area contributed by atoms with E-state index in [0.29, 0.717) is 37.1 Å². The molecule has 1 aliphatic heterocycles. The minimum Gasteiger partial charge on any atom is -0.415 e. The van der Waals surface area contributed by atoms with Gasteiger partial charge in [0.2, 0.25) is 11.8 Å². The molecule has 0 saturated heterocycles. The number of benzene rings is 1. The summed E-state index contributed by atoms with van der Waals surface area (Å²) < 4.78 is 5.86. The maximum Gasteiger partial charge on any atom is 0.268 e. The first-order valence-electron chi connectivity index (χ1n) is 9.86. The third-order valence-corrected chi connectivity index (χ3v) is 4.95. The topological polar surface area (TPSA) is 88.3 Å². The van der Waals surface area contributed by atoms with Crippen LogP contribution in [0, 0.1) is 6.92 Å². The maximum absolute atomic E-state index is 12.3. The normalized spacial score (nSPS) is 14.1. The van der Waals surface area contributed by atoms with Gasteiger partial charge in [-0.15, -0.1) is 10.2 Å². The Morgan fingerprint density at radius 3 is 2.67 bits per heavy atom. The fourth-order valence-electron chi connectivity index (χ4n) is 3.32. The second-order valence-corrected chi connectivity index (χ2v) is 7.52. The fraction of sp³-hybridized carbons (Fsp3) is 0.318. The van der Waals surface area contributed by atoms with Gasteiger partial charge in [-0.3, -0.25) is 9.78 Å². The molecule has 8 heteroatoms. The Hall–Kier alpha value is -3.39. The van der Waals surface area contributed by atoms with Crippen LogP contribution in [0.5, 0.6) is 0 Å². The lowest BCUT2D eigenvalue weighted by molar-refractivity contribution is -0.131. The maximum atomic E-state index is 12.3. The van der Waals surface area contributed by atoms with E-state index in [-0.39, 0.29) is 7.33 Å². The number of nitrogens with zero attached hydrogens (tertiary/aromatic N) is 6. The molecule has 1 aromatic carbocycles. The van der Waals surface area contributed by atoms with E-state index in [1.54, 1.807) is 6.20 Å². The average Bonchev–Trinajstić information content (AvgIpc) is 3.24. The first-order chi connectivity index (χ1) is 14.5. The molecule has 0 fully saturated rings. The number of aromatic nitrogens is 4. The Kier molecular flexibility index (Phi) is 5.67. The SMILES string of the molecule is Cc1ncc(C2=CCN(C(=O)CN(C)C)CC2)nc1-c1nnc(-c2ccccc2)o1.[HH]. The van der Waals surface area contributed by atoms with Gasteiger partial charge in [-0.25, -0.2) is 4.98 Å². The van der Waals surface area contributed by atoms with Gasteiger partial charge in [0.15, 0.2) is 0 Å². The van der Waals surface area contributed by atoms with Crippen molar-refractivity contribution in [3.05, 3.63) is 54.0 Å². The van der Waals surface area contributed by atoms with Crippen LogP contribution in [0.2, 0.25) is 0 Å². The molecule has 30 heavy (non-hydrogen) atoms. The van der Waals surface area contributed by atoms with Crippen molar-refractivity contribution >= 4 is 11.5 Å². The van der Waals surface area contributed by atoms with Gasteiger partial charge in [0.25, 0.3) is 5.89 Å². The standard InChI is InChI=1S/C22H24N6O2.H2/c1-15-20(22-26-25-21(30-22)17-7-5-4-6-8-17)24-18(13-23-15)16-9-11-28(12-10-16)19(29)14-27(2)3;/h4-9,13H,10-12,14H2,1-3H3;1H. The molecule has 2 aromatic heterocycles. The molecule has 0 atom stereocenters. The predicted molar refractivity (Wildman–Crippen MR) is 115 cm³/mol. The largest absolute Gasteiger partial charge is 0.415 e. The summed E-state index contributed by atoms with van der Waals surface area (Å²) in [7, 11) is 3.79. The summed E-state index contributed by atoms with van der Waals surface area (Å²) in [6.45, 7) is 3.53. The minimum atomic E-state index is 0. The Bertz CT molecular complexity index is 1080. The first kappa shape index (κ1) is 19.9. The molecule has 0 radical (unpaired) electrons. The molecule has 3 heterocycles. The molecule has 3 aromatic rings. The van der Waals surface area contributed by atoms with Crippen molar-refractivity contribution < 1.29 is 10.6 Å². The van der Waals surface area contributed by atoms with Crippen LogP contribution in [-0.2, 0) is 4.79 Å². The number of carbonyl (C=O) groups excluding carboxylic acids is 1. The fourth-order valence-corrected chi connectivity index (χ4v) is 3.32. The molecular weight excluding hydrogens is 380 g/mol. The summed E-state index contributed by atoms with van der Waals surface area (Å²) in [5, 5.41) is 8.33. The highest BCUT2D eigenvalue weighted by Gasteiger charge is 2.21. The highest BCUT2D eigenvalue weighted by Crippen LogP contribution is 2.27. The van der Waals surface area contributed by atoms with Crippen molar-refractivity contribution in [1.82, 2.24) is 30.0 Å². The van der Waals surface area contributed by atoms with E-state index in [0.717, 1.165) is 28.9 Å². The zero-order valence-electron chi connectivity index (χ0n) is 17.4. The Morgan fingerprint density at radius 2 is 1.97 bits per heavy atom. The van der Waals surface area contributed by atoms with Crippen LogP contribution in [0.1, 0.15) is 19.2 Å². The summed E-state index contributed by atoms with van der Waals surface area (Å²) >= 11 is 0. The monoisotopic (exact) mass is 406 g/mol. The van der Waals surface area contributed by atoms with Crippen molar-refractivity contribution in [2.75, 3.05) is 33.7 Å². The van der Waals surface area contributed by atoms with E-state index in [1.807, 2.05) is 67.2 Å². The van der Waals surface area contributed by atoms with Gasteiger partial charge in [0.1, 0.15) is 5.69 Å². The van der Waals surface area contributed by atoms with Crippen LogP contribution < -0.4 is 0 Å². The number of likely N-dealkylation sites (N-methyl/N-ethyl adjacent to an activating group) is 1. The van der Waals surface area contributed by atoms with Gasteiger partial charge in [0, 0.05) is 20.1 Å². The van der Waals surface area contributed by atoms with Crippen molar-refractivity contribution in [2.24, 2.45) is 0 Å². The van der Waals surface area contributed by atoms with Gasteiger partial charge in [0.05, 0.1) is 24.1 Å². The second-order valence-electron chi connectivity index (χ2n) is 7.52. The average molecular weight is 406 g/mol. The summed E-state index contributed by atoms with van der Waals surface area (Å²) in [5.41, 5.74) is 4.00. The molecule has 1 amide bonds. The van der Waals surface area contributed by atoms with Crippen LogP contribution in [0.3, 0.4) is 0 Å². The summed E-state index contributed by atoms with van der Waals surface area (Å²) in [5.74, 6) is 0.925. The van der Waals surface area contributed by atoms with Gasteiger partial charge in [-0.2, -0.15) is 0 Å². The van der Waals surface area contributed by atoms with Gasteiger partial charge >= 0.3 is 0 Å². The van der Waals surface area contributed by atoms with Crippen LogP contribution in [0.4, 0.5) is 0 Å². The minimum absolute atomic E-state index is 0. The Balaban J connectivity index is 0.00000272. The lowest BCUT2D eigenvalue weighted by Gasteiger charge is -2.27. The smallest absolute Gasteiger partial charge is 0.268 e. The molecule has 1 aliphatic rings. The van der Waals surface area contributed by atoms with Crippen molar-refractivity contribution in [3.8, 4) is 23.0 Å². The van der Waals surface area contributed by atoms with Gasteiger partial charge in [-0.1, -0.05) is 24.3 Å². The Labute approximate surface area is 176 Å². The predicted octanol–water partition coefficient (Wildman–Crippen LogP) is 2.93. The third-order valence-electron chi connectivity index (χ3n) is 4.95. The molecule has 0 N–H and O–H groups in total. The quantitative estimate of drug-likeness (QED) is 0.644. The Morgan fingerprint density at radius 1 is 1.20 bits per heavy atom. The third kappa shape index (κ3) is 4.28. The van der Waals surface area contributed by atoms with Crippen LogP contribution in [0.25, 0.3) is 28.6 Å². The van der Waals surface area contributed by atoms with E-state index in [2.05, 4.69) is 15.2 Å². The van der Waals surface area contributed by atoms with E-state index < -0.39 is 0 Å². The number of hydrogen-bond acceptors (Lipinski definition) is 7. The lowest BCUT2D eigenvalue weighted by atomic mass is 10.0.